The first-order valence-corrected chi connectivity index (χ1v) is 25.2. The van der Waals surface area contributed by atoms with Gasteiger partial charge < -0.3 is 93.7 Å². The summed E-state index contributed by atoms with van der Waals surface area (Å²) in [7, 11) is 0. The Bertz CT molecular complexity index is 2180. The van der Waals surface area contributed by atoms with E-state index in [1.807, 2.05) is 0 Å². The number of nitrogens with two attached hydrogens (primary N) is 8. The Balaban J connectivity index is 3.66. The summed E-state index contributed by atoms with van der Waals surface area (Å²) in [4.78, 5) is 93.1. The molecule has 3 amide bonds. The molecule has 0 saturated carbocycles. The van der Waals surface area contributed by atoms with Crippen molar-refractivity contribution in [2.75, 3.05) is 63.8 Å². The second-order valence-corrected chi connectivity index (χ2v) is 20.5. The maximum absolute atomic E-state index is 14.6. The van der Waals surface area contributed by atoms with E-state index in [4.69, 9.17) is 67.5 Å². The molecule has 1 heterocycles. The highest BCUT2D eigenvalue weighted by atomic mass is 16.2. The monoisotopic (exact) mass is 1070 g/mol. The predicted molar refractivity (Wildman–Crippen MR) is 294 cm³/mol. The largest absolute Gasteiger partial charge is 0.382 e. The van der Waals surface area contributed by atoms with Crippen molar-refractivity contribution in [3.8, 4) is 0 Å². The number of Topliss-reactive ketones (excluding diaryl/α,β-unsaturated/α-hetero) is 3. The highest BCUT2D eigenvalue weighted by Gasteiger charge is 2.44. The van der Waals surface area contributed by atoms with Gasteiger partial charge in [-0.05, 0) is 107 Å². The normalized spacial score (nSPS) is 13.4. The fourth-order valence-electron chi connectivity index (χ4n) is 8.15. The lowest BCUT2D eigenvalue weighted by atomic mass is 9.78. The highest BCUT2D eigenvalue weighted by molar-refractivity contribution is 6.05. The minimum Gasteiger partial charge on any atom is -0.382 e. The van der Waals surface area contributed by atoms with Crippen LogP contribution >= 0.6 is 0 Å². The van der Waals surface area contributed by atoms with Crippen LogP contribution in [-0.2, 0) is 19.2 Å². The van der Waals surface area contributed by atoms with Crippen LogP contribution < -0.4 is 99.0 Å². The predicted octanol–water partition coefficient (Wildman–Crippen LogP) is -4.50. The van der Waals surface area contributed by atoms with E-state index >= 15 is 0 Å². The molecule has 1 rings (SSSR count). The number of nitrogens with zero attached hydrogens (tertiary/aromatic N) is 2. The Morgan fingerprint density at radius 2 is 0.816 bits per heavy atom. The summed E-state index contributed by atoms with van der Waals surface area (Å²) < 4.78 is 0. The summed E-state index contributed by atoms with van der Waals surface area (Å²) in [6.45, 7) is 15.1. The number of guanidine groups is 4. The quantitative estimate of drug-likeness (QED) is 0.0170. The lowest BCUT2D eigenvalue weighted by Crippen LogP contribution is -2.63. The molecule has 0 fully saturated rings. The summed E-state index contributed by atoms with van der Waals surface area (Å²) in [6.07, 6.45) is 1.89. The minimum absolute atomic E-state index is 0.00329. The Labute approximate surface area is 445 Å². The Hall–Kier alpha value is -7.02. The van der Waals surface area contributed by atoms with Gasteiger partial charge >= 0.3 is 0 Å². The van der Waals surface area contributed by atoms with E-state index in [1.54, 1.807) is 55.4 Å². The molecule has 0 saturated heterocycles. The average Bonchev–Trinajstić information content (AvgIpc) is 3.32. The number of carbonyl (C=O) groups excluding carboxylic acids is 6. The van der Waals surface area contributed by atoms with Gasteiger partial charge in [0.25, 0.3) is 11.8 Å². The third-order valence-electron chi connectivity index (χ3n) is 12.4. The lowest BCUT2D eigenvalue weighted by Gasteiger charge is -2.40. The summed E-state index contributed by atoms with van der Waals surface area (Å²) in [5.41, 5.74) is 39.7. The van der Waals surface area contributed by atoms with Gasteiger partial charge in [-0.2, -0.15) is 0 Å². The number of nitrogen functional groups attached to an aromatic ring is 2. The van der Waals surface area contributed by atoms with Gasteiger partial charge in [0.1, 0.15) is 0 Å². The molecule has 0 bridgehead atoms. The first-order chi connectivity index (χ1) is 35.2. The van der Waals surface area contributed by atoms with Gasteiger partial charge in [0, 0.05) is 58.4 Å². The lowest BCUT2D eigenvalue weighted by molar-refractivity contribution is -0.133. The fourth-order valence-corrected chi connectivity index (χ4v) is 8.15. The number of amides is 3. The van der Waals surface area contributed by atoms with E-state index in [-0.39, 0.29) is 107 Å². The fraction of sp³-hybridized carbons (Fsp3) is 0.696. The van der Waals surface area contributed by atoms with Crippen LogP contribution in [0.1, 0.15) is 128 Å². The standard InChI is InChI=1S/C46H90N24O6/c1-43(2,38(76)59-23-17-47)28(16-12-22-63-42(57)58)70-46(7,8)32(72)26(14-10-20-61-40(53)54)66-37(75)30-35(50)67-29(34(49)68-30)36(74)65-25(13-9-19-60-39(51)52)31(71)45(5,6)69-27(15-11-21-62-41(55)56)33(73)44(3,4)64-24-18-48/h25-28,64,69-70H,9-24,47-48H2,1-8H3,(H2,49,68)(H2,50,67)(H,59,76)(H,65,74)(H,66,75)(H4,51,52,60)(H4,53,54,61)(H4,55,56,62)(H4,57,58,63)/t25-,26-,27?,28?/m0/s1. The number of aromatic nitrogens is 2. The third-order valence-corrected chi connectivity index (χ3v) is 12.4. The zero-order valence-corrected chi connectivity index (χ0v) is 45.6. The smallest absolute Gasteiger partial charge is 0.274 e. The number of ketones is 3. The van der Waals surface area contributed by atoms with Gasteiger partial charge in [-0.3, -0.25) is 55.7 Å². The number of rotatable bonds is 37. The van der Waals surface area contributed by atoms with Crippen molar-refractivity contribution in [1.82, 2.24) is 63.1 Å². The van der Waals surface area contributed by atoms with Gasteiger partial charge in [0.05, 0.1) is 40.2 Å². The number of nitrogens with one attached hydrogen (secondary N) is 14. The van der Waals surface area contributed by atoms with E-state index in [1.165, 1.54) is 0 Å². The summed E-state index contributed by atoms with van der Waals surface area (Å²) in [6, 6.07) is -4.06. The molecule has 30 heteroatoms. The van der Waals surface area contributed by atoms with Crippen LogP contribution in [0.5, 0.6) is 0 Å². The van der Waals surface area contributed by atoms with E-state index < -0.39 is 92.6 Å². The van der Waals surface area contributed by atoms with Crippen molar-refractivity contribution in [3.63, 3.8) is 0 Å². The van der Waals surface area contributed by atoms with Crippen molar-refractivity contribution in [3.05, 3.63) is 11.4 Å². The van der Waals surface area contributed by atoms with Crippen LogP contribution in [0.4, 0.5) is 11.6 Å². The first-order valence-electron chi connectivity index (χ1n) is 25.2. The van der Waals surface area contributed by atoms with Crippen LogP contribution in [0.3, 0.4) is 0 Å². The maximum atomic E-state index is 14.6. The number of anilines is 2. The topological polar surface area (TPSA) is 552 Å². The van der Waals surface area contributed by atoms with Crippen molar-refractivity contribution < 1.29 is 28.8 Å². The molecule has 0 radical (unpaired) electrons. The molecule has 0 aliphatic rings. The van der Waals surface area contributed by atoms with Gasteiger partial charge in [-0.1, -0.05) is 0 Å². The van der Waals surface area contributed by atoms with Crippen molar-refractivity contribution in [2.24, 2.45) is 39.8 Å². The van der Waals surface area contributed by atoms with Crippen LogP contribution in [0.25, 0.3) is 0 Å². The van der Waals surface area contributed by atoms with E-state index in [0.29, 0.717) is 32.4 Å². The maximum Gasteiger partial charge on any atom is 0.274 e. The van der Waals surface area contributed by atoms with Gasteiger partial charge in [-0.25, -0.2) is 9.97 Å². The molecule has 30 N–H and O–H groups in total. The molecule has 430 valence electrons. The first kappa shape index (κ1) is 67.0. The molecular weight excluding hydrogens is 985 g/mol. The molecule has 0 spiro atoms. The zero-order valence-electron chi connectivity index (χ0n) is 45.6. The summed E-state index contributed by atoms with van der Waals surface area (Å²) >= 11 is 0. The van der Waals surface area contributed by atoms with E-state index in [0.717, 1.165) is 0 Å². The van der Waals surface area contributed by atoms with Crippen molar-refractivity contribution in [1.29, 1.82) is 21.6 Å². The van der Waals surface area contributed by atoms with Crippen LogP contribution in [0.15, 0.2) is 0 Å². The van der Waals surface area contributed by atoms with E-state index in [2.05, 4.69) is 63.1 Å². The SMILES string of the molecule is CC(C)(NCCN)C(=O)C(CCCNC(=N)N)NC(C)(C)C(=O)[C@H](CCCNC(=N)N)NC(=O)c1nc(N)c(C(=O)N[C@@H](CCCNC(=N)N)C(=O)C(C)(C)NC(CCCNC(=N)N)C(C)(C)C(=O)NCCN)nc1N. The molecule has 2 unspecified atom stereocenters. The van der Waals surface area contributed by atoms with Crippen molar-refractivity contribution >= 4 is 70.5 Å². The third kappa shape index (κ3) is 22.4. The molecule has 1 aromatic rings. The molecule has 0 aliphatic heterocycles. The second kappa shape index (κ2) is 31.1. The van der Waals surface area contributed by atoms with Crippen LogP contribution in [-0.4, -0.2) is 162 Å². The Morgan fingerprint density at radius 3 is 1.18 bits per heavy atom. The number of hydrogen-bond acceptors (Lipinski definition) is 19. The van der Waals surface area contributed by atoms with Crippen LogP contribution in [0.2, 0.25) is 0 Å². The number of carbonyl (C=O) groups is 6. The average molecular weight is 1080 g/mol. The Kier molecular flexibility index (Phi) is 27.4. The molecule has 76 heavy (non-hydrogen) atoms. The molecule has 1 aromatic heterocycles. The van der Waals surface area contributed by atoms with Gasteiger partial charge in [-0.15, -0.1) is 0 Å². The molecule has 4 atom stereocenters. The second-order valence-electron chi connectivity index (χ2n) is 20.5. The Morgan fingerprint density at radius 1 is 0.474 bits per heavy atom. The molecular formula is C46H90N24O6. The van der Waals surface area contributed by atoms with Gasteiger partial charge in [0.2, 0.25) is 5.91 Å². The molecule has 0 aromatic carbocycles. The van der Waals surface area contributed by atoms with Crippen molar-refractivity contribution in [2.45, 2.75) is 148 Å². The summed E-state index contributed by atoms with van der Waals surface area (Å²) in [5.74, 6) is -5.82. The van der Waals surface area contributed by atoms with Gasteiger partial charge in [0.15, 0.2) is 64.2 Å². The summed E-state index contributed by atoms with van der Waals surface area (Å²) in [5, 5.41) is 58.7. The molecule has 30 nitrogen and oxygen atoms in total. The van der Waals surface area contributed by atoms with Crippen LogP contribution in [0, 0.1) is 27.1 Å². The molecule has 0 aliphatic carbocycles. The van der Waals surface area contributed by atoms with E-state index in [9.17, 15) is 28.8 Å². The zero-order chi connectivity index (χ0) is 58.2. The minimum atomic E-state index is -1.48. The number of hydrogen-bond donors (Lipinski definition) is 22. The highest BCUT2D eigenvalue weighted by Crippen LogP contribution is 2.28.